The first-order chi connectivity index (χ1) is 7.26. The number of hydrogen-bond donors (Lipinski definition) is 0. The summed E-state index contributed by atoms with van der Waals surface area (Å²) in [4.78, 5) is 0. The lowest BCUT2D eigenvalue weighted by Gasteiger charge is -2.09. The van der Waals surface area contributed by atoms with Crippen LogP contribution in [-0.4, -0.2) is 13.9 Å². The Balaban J connectivity index is 2.93. The molecule has 0 unspecified atom stereocenters. The van der Waals surface area contributed by atoms with E-state index in [-0.39, 0.29) is 0 Å². The minimum Gasteiger partial charge on any atom is -0.376 e. The van der Waals surface area contributed by atoms with E-state index in [1.165, 1.54) is 18.2 Å². The van der Waals surface area contributed by atoms with E-state index >= 15 is 0 Å². The van der Waals surface area contributed by atoms with Gasteiger partial charge in [-0.25, -0.2) is 0 Å². The van der Waals surface area contributed by atoms with Gasteiger partial charge in [-0.3, -0.25) is 0 Å². The third-order valence-corrected chi connectivity index (χ3v) is 2.58. The van der Waals surface area contributed by atoms with Gasteiger partial charge in [-0.2, -0.15) is 21.6 Å². The van der Waals surface area contributed by atoms with Crippen LogP contribution in [-0.2, 0) is 10.1 Å². The van der Waals surface area contributed by atoms with Gasteiger partial charge in [-0.1, -0.05) is 24.8 Å². The highest BCUT2D eigenvalue weighted by Gasteiger charge is 2.48. The molecule has 0 bridgehead atoms. The third-order valence-electron chi connectivity index (χ3n) is 1.61. The average molecular weight is 252 g/mol. The zero-order valence-electron chi connectivity index (χ0n) is 7.86. The summed E-state index contributed by atoms with van der Waals surface area (Å²) in [5.41, 5.74) is -4.79. The molecule has 0 saturated carbocycles. The number of halogens is 3. The van der Waals surface area contributed by atoms with E-state index in [2.05, 4.69) is 10.8 Å². The second-order valence-corrected chi connectivity index (χ2v) is 4.29. The quantitative estimate of drug-likeness (QED) is 0.613. The molecule has 0 spiro atoms. The summed E-state index contributed by atoms with van der Waals surface area (Å²) >= 11 is 0. The van der Waals surface area contributed by atoms with Crippen LogP contribution in [0.5, 0.6) is 5.75 Å². The summed E-state index contributed by atoms with van der Waals surface area (Å²) in [5.74, 6) is -0.400. The van der Waals surface area contributed by atoms with Gasteiger partial charge in [0.05, 0.1) is 0 Å². The molecule has 0 radical (unpaired) electrons. The van der Waals surface area contributed by atoms with E-state index in [0.717, 1.165) is 12.1 Å². The molecule has 0 aliphatic rings. The van der Waals surface area contributed by atoms with Crippen LogP contribution in [0, 0.1) is 0 Å². The average Bonchev–Trinajstić information content (AvgIpc) is 2.16. The highest BCUT2D eigenvalue weighted by molar-refractivity contribution is 7.87. The Morgan fingerprint density at radius 1 is 1.19 bits per heavy atom. The fraction of sp³-hybridized carbons (Fsp3) is 0.111. The highest BCUT2D eigenvalue weighted by atomic mass is 32.2. The highest BCUT2D eigenvalue weighted by Crippen LogP contribution is 2.26. The molecule has 0 atom stereocenters. The molecule has 0 saturated heterocycles. The molecular formula is C9H7F3O3S. The first-order valence-corrected chi connectivity index (χ1v) is 5.40. The van der Waals surface area contributed by atoms with Gasteiger partial charge in [0.15, 0.2) is 0 Å². The molecule has 0 amide bonds. The molecule has 0 heterocycles. The van der Waals surface area contributed by atoms with Crippen molar-refractivity contribution in [2.24, 2.45) is 0 Å². The molecule has 0 fully saturated rings. The SMILES string of the molecule is C=Cc1ccc(OS(=O)(=O)C(F)(F)F)cc1. The second-order valence-electron chi connectivity index (χ2n) is 2.76. The lowest BCUT2D eigenvalue weighted by atomic mass is 10.2. The van der Waals surface area contributed by atoms with Crippen LogP contribution in [0.3, 0.4) is 0 Å². The predicted molar refractivity (Wildman–Crippen MR) is 52.1 cm³/mol. The maximum atomic E-state index is 11.9. The van der Waals surface area contributed by atoms with Gasteiger partial charge in [0.1, 0.15) is 5.75 Å². The number of benzene rings is 1. The maximum Gasteiger partial charge on any atom is 0.534 e. The zero-order valence-corrected chi connectivity index (χ0v) is 8.68. The smallest absolute Gasteiger partial charge is 0.376 e. The van der Waals surface area contributed by atoms with E-state index in [1.54, 1.807) is 0 Å². The predicted octanol–water partition coefficient (Wildman–Crippen LogP) is 2.56. The van der Waals surface area contributed by atoms with Crippen molar-refractivity contribution in [3.63, 3.8) is 0 Å². The largest absolute Gasteiger partial charge is 0.534 e. The standard InChI is InChI=1S/C9H7F3O3S/c1-2-7-3-5-8(6-4-7)15-16(13,14)9(10,11)12/h2-6H,1H2. The molecule has 1 aromatic rings. The summed E-state index contributed by atoms with van der Waals surface area (Å²) in [6.07, 6.45) is 1.46. The Morgan fingerprint density at radius 2 is 1.69 bits per heavy atom. The summed E-state index contributed by atoms with van der Waals surface area (Å²) in [6, 6.07) is 4.99. The van der Waals surface area contributed by atoms with Crippen LogP contribution >= 0.6 is 0 Å². The van der Waals surface area contributed by atoms with E-state index in [4.69, 9.17) is 0 Å². The van der Waals surface area contributed by atoms with Crippen LogP contribution in [0.15, 0.2) is 30.8 Å². The number of alkyl halides is 3. The van der Waals surface area contributed by atoms with Crippen molar-refractivity contribution < 1.29 is 25.8 Å². The fourth-order valence-electron chi connectivity index (χ4n) is 0.833. The van der Waals surface area contributed by atoms with Crippen LogP contribution in [0.1, 0.15) is 5.56 Å². The van der Waals surface area contributed by atoms with Crippen molar-refractivity contribution in [1.29, 1.82) is 0 Å². The molecule has 88 valence electrons. The molecular weight excluding hydrogens is 245 g/mol. The van der Waals surface area contributed by atoms with Gasteiger partial charge in [0.25, 0.3) is 0 Å². The van der Waals surface area contributed by atoms with Crippen LogP contribution < -0.4 is 4.18 Å². The van der Waals surface area contributed by atoms with Gasteiger partial charge in [-0.05, 0) is 17.7 Å². The van der Waals surface area contributed by atoms with Crippen molar-refractivity contribution in [2.45, 2.75) is 5.51 Å². The Kier molecular flexibility index (Phi) is 3.27. The summed E-state index contributed by atoms with van der Waals surface area (Å²) in [5, 5.41) is 0. The van der Waals surface area contributed by atoms with Crippen molar-refractivity contribution in [1.82, 2.24) is 0 Å². The Labute approximate surface area is 90.3 Å². The Bertz CT molecular complexity index is 474. The fourth-order valence-corrected chi connectivity index (χ4v) is 1.29. The van der Waals surface area contributed by atoms with E-state index in [0.29, 0.717) is 5.56 Å². The first-order valence-electron chi connectivity index (χ1n) is 3.99. The normalized spacial score (nSPS) is 12.2. The topological polar surface area (TPSA) is 43.4 Å². The summed E-state index contributed by atoms with van der Waals surface area (Å²) < 4.78 is 60.9. The number of hydrogen-bond acceptors (Lipinski definition) is 3. The molecule has 0 aliphatic carbocycles. The summed E-state index contributed by atoms with van der Waals surface area (Å²) in [6.45, 7) is 3.44. The maximum absolute atomic E-state index is 11.9. The molecule has 16 heavy (non-hydrogen) atoms. The van der Waals surface area contributed by atoms with Crippen molar-refractivity contribution in [3.05, 3.63) is 36.4 Å². The monoisotopic (exact) mass is 252 g/mol. The van der Waals surface area contributed by atoms with Crippen LogP contribution in [0.25, 0.3) is 6.08 Å². The molecule has 3 nitrogen and oxygen atoms in total. The number of rotatable bonds is 3. The van der Waals surface area contributed by atoms with E-state index < -0.39 is 21.4 Å². The van der Waals surface area contributed by atoms with Crippen molar-refractivity contribution in [3.8, 4) is 5.75 Å². The first kappa shape index (κ1) is 12.6. The molecule has 1 rings (SSSR count). The van der Waals surface area contributed by atoms with Crippen LogP contribution in [0.4, 0.5) is 13.2 Å². The molecule has 0 aliphatic heterocycles. The van der Waals surface area contributed by atoms with Gasteiger partial charge in [-0.15, -0.1) is 0 Å². The third kappa shape index (κ3) is 2.75. The second kappa shape index (κ2) is 4.17. The summed E-state index contributed by atoms with van der Waals surface area (Å²) in [7, 11) is -5.60. The molecule has 1 aromatic carbocycles. The van der Waals surface area contributed by atoms with E-state index in [1.807, 2.05) is 0 Å². The van der Waals surface area contributed by atoms with Gasteiger partial charge in [0.2, 0.25) is 0 Å². The van der Waals surface area contributed by atoms with Crippen LogP contribution in [0.2, 0.25) is 0 Å². The van der Waals surface area contributed by atoms with Gasteiger partial charge >= 0.3 is 15.6 Å². The lowest BCUT2D eigenvalue weighted by molar-refractivity contribution is -0.0500. The Morgan fingerprint density at radius 3 is 2.06 bits per heavy atom. The van der Waals surface area contributed by atoms with Crippen molar-refractivity contribution in [2.75, 3.05) is 0 Å². The van der Waals surface area contributed by atoms with Gasteiger partial charge < -0.3 is 4.18 Å². The molecule has 7 heteroatoms. The van der Waals surface area contributed by atoms with Gasteiger partial charge in [0, 0.05) is 0 Å². The molecule has 0 aromatic heterocycles. The minimum absolute atomic E-state index is 0.400. The minimum atomic E-state index is -5.60. The molecule has 0 N–H and O–H groups in total. The van der Waals surface area contributed by atoms with E-state index in [9.17, 15) is 21.6 Å². The van der Waals surface area contributed by atoms with Crippen molar-refractivity contribution >= 4 is 16.2 Å². The Hall–Kier alpha value is -1.50. The zero-order chi connectivity index (χ0) is 12.4. The lowest BCUT2D eigenvalue weighted by Crippen LogP contribution is -2.28.